The topological polar surface area (TPSA) is 44.1 Å². The van der Waals surface area contributed by atoms with Crippen molar-refractivity contribution in [2.24, 2.45) is 0 Å². The van der Waals surface area contributed by atoms with Crippen LogP contribution in [-0.2, 0) is 6.54 Å². The van der Waals surface area contributed by atoms with E-state index in [0.717, 1.165) is 23.1 Å². The predicted molar refractivity (Wildman–Crippen MR) is 85.9 cm³/mol. The van der Waals surface area contributed by atoms with Gasteiger partial charge in [-0.25, -0.2) is 0 Å². The highest BCUT2D eigenvalue weighted by Gasteiger charge is 2.18. The van der Waals surface area contributed by atoms with Crippen LogP contribution in [0, 0.1) is 0 Å². The quantitative estimate of drug-likeness (QED) is 0.558. The Bertz CT molecular complexity index is 605. The van der Waals surface area contributed by atoms with E-state index >= 15 is 0 Å². The third-order valence-corrected chi connectivity index (χ3v) is 3.77. The van der Waals surface area contributed by atoms with Gasteiger partial charge in [0.25, 0.3) is 0 Å². The van der Waals surface area contributed by atoms with Gasteiger partial charge in [-0.2, -0.15) is 5.10 Å². The van der Waals surface area contributed by atoms with E-state index in [4.69, 9.17) is 4.74 Å². The maximum absolute atomic E-state index is 12.5. The lowest BCUT2D eigenvalue weighted by Gasteiger charge is -2.07. The molecular formula is C16H19BrN2O2. The van der Waals surface area contributed by atoms with Crippen molar-refractivity contribution in [2.45, 2.75) is 33.2 Å². The summed E-state index contributed by atoms with van der Waals surface area (Å²) in [6, 6.07) is 7.26. The molecule has 112 valence electrons. The first-order valence-electron chi connectivity index (χ1n) is 7.16. The minimum absolute atomic E-state index is 0.0404. The van der Waals surface area contributed by atoms with Gasteiger partial charge < -0.3 is 4.74 Å². The molecule has 1 aromatic heterocycles. The Labute approximate surface area is 133 Å². The van der Waals surface area contributed by atoms with Gasteiger partial charge in [-0.15, -0.1) is 0 Å². The van der Waals surface area contributed by atoms with E-state index in [0.29, 0.717) is 24.4 Å². The number of unbranched alkanes of at least 4 members (excludes halogenated alkanes) is 1. The van der Waals surface area contributed by atoms with Gasteiger partial charge in [0.2, 0.25) is 5.78 Å². The number of nitrogens with zero attached hydrogens (tertiary/aromatic N) is 2. The molecule has 5 heteroatoms. The SMILES string of the molecule is CCCCOc1ccc(C(=O)c2c(Br)cnn2CC)cc1. The van der Waals surface area contributed by atoms with E-state index in [1.54, 1.807) is 23.0 Å². The molecule has 0 bridgehead atoms. The van der Waals surface area contributed by atoms with Crippen LogP contribution in [0.3, 0.4) is 0 Å². The Hall–Kier alpha value is -1.62. The number of benzene rings is 1. The monoisotopic (exact) mass is 350 g/mol. The molecule has 0 radical (unpaired) electrons. The van der Waals surface area contributed by atoms with Gasteiger partial charge in [-0.05, 0) is 53.5 Å². The summed E-state index contributed by atoms with van der Waals surface area (Å²) < 4.78 is 8.01. The molecule has 2 aromatic rings. The second-order valence-corrected chi connectivity index (χ2v) is 5.57. The van der Waals surface area contributed by atoms with E-state index in [2.05, 4.69) is 28.0 Å². The molecule has 0 amide bonds. The van der Waals surface area contributed by atoms with Crippen molar-refractivity contribution in [3.8, 4) is 5.75 Å². The van der Waals surface area contributed by atoms with E-state index in [-0.39, 0.29) is 5.78 Å². The lowest BCUT2D eigenvalue weighted by atomic mass is 10.1. The van der Waals surface area contributed by atoms with Gasteiger partial charge in [-0.1, -0.05) is 13.3 Å². The summed E-state index contributed by atoms with van der Waals surface area (Å²) in [5.41, 5.74) is 1.21. The highest BCUT2D eigenvalue weighted by Crippen LogP contribution is 2.21. The fraction of sp³-hybridized carbons (Fsp3) is 0.375. The summed E-state index contributed by atoms with van der Waals surface area (Å²) in [5, 5.41) is 4.17. The molecule has 0 saturated heterocycles. The van der Waals surface area contributed by atoms with Crippen LogP contribution >= 0.6 is 15.9 Å². The molecule has 0 spiro atoms. The maximum Gasteiger partial charge on any atom is 0.212 e. The molecular weight excluding hydrogens is 332 g/mol. The normalized spacial score (nSPS) is 10.6. The lowest BCUT2D eigenvalue weighted by Crippen LogP contribution is -2.11. The van der Waals surface area contributed by atoms with Crippen molar-refractivity contribution in [1.82, 2.24) is 9.78 Å². The van der Waals surface area contributed by atoms with Gasteiger partial charge in [0, 0.05) is 12.1 Å². The number of carbonyl (C=O) groups is 1. The van der Waals surface area contributed by atoms with Crippen LogP contribution in [-0.4, -0.2) is 22.2 Å². The second-order valence-electron chi connectivity index (χ2n) is 4.71. The van der Waals surface area contributed by atoms with E-state index in [1.165, 1.54) is 0 Å². The van der Waals surface area contributed by atoms with E-state index in [9.17, 15) is 4.79 Å². The number of ether oxygens (including phenoxy) is 1. The van der Waals surface area contributed by atoms with Crippen molar-refractivity contribution in [2.75, 3.05) is 6.61 Å². The molecule has 4 nitrogen and oxygen atoms in total. The number of halogens is 1. The zero-order valence-corrected chi connectivity index (χ0v) is 13.9. The van der Waals surface area contributed by atoms with E-state index < -0.39 is 0 Å². The number of hydrogen-bond acceptors (Lipinski definition) is 3. The first kappa shape index (κ1) is 15.8. The Balaban J connectivity index is 2.14. The number of carbonyl (C=O) groups excluding carboxylic acids is 1. The summed E-state index contributed by atoms with van der Waals surface area (Å²) >= 11 is 3.38. The second kappa shape index (κ2) is 7.41. The zero-order valence-electron chi connectivity index (χ0n) is 12.3. The number of rotatable bonds is 7. The van der Waals surface area contributed by atoms with Crippen molar-refractivity contribution in [3.63, 3.8) is 0 Å². The van der Waals surface area contributed by atoms with Crippen LogP contribution < -0.4 is 4.74 Å². The summed E-state index contributed by atoms with van der Waals surface area (Å²) in [7, 11) is 0. The van der Waals surface area contributed by atoms with Gasteiger partial charge >= 0.3 is 0 Å². The Morgan fingerprint density at radius 1 is 1.29 bits per heavy atom. The molecule has 2 rings (SSSR count). The first-order chi connectivity index (χ1) is 10.2. The largest absolute Gasteiger partial charge is 0.494 e. The van der Waals surface area contributed by atoms with E-state index in [1.807, 2.05) is 19.1 Å². The maximum atomic E-state index is 12.5. The average Bonchev–Trinajstić information content (AvgIpc) is 2.88. The first-order valence-corrected chi connectivity index (χ1v) is 7.95. The van der Waals surface area contributed by atoms with Crippen LogP contribution in [0.1, 0.15) is 42.7 Å². The molecule has 0 N–H and O–H groups in total. The predicted octanol–water partition coefficient (Wildman–Crippen LogP) is 4.08. The van der Waals surface area contributed by atoms with Crippen LogP contribution in [0.2, 0.25) is 0 Å². The van der Waals surface area contributed by atoms with Crippen LogP contribution in [0.4, 0.5) is 0 Å². The molecule has 0 aliphatic carbocycles. The molecule has 1 heterocycles. The smallest absolute Gasteiger partial charge is 0.212 e. The Kier molecular flexibility index (Phi) is 5.56. The lowest BCUT2D eigenvalue weighted by molar-refractivity contribution is 0.102. The summed E-state index contributed by atoms with van der Waals surface area (Å²) in [5.74, 6) is 0.754. The minimum Gasteiger partial charge on any atom is -0.494 e. The number of hydrogen-bond donors (Lipinski definition) is 0. The molecule has 1 aromatic carbocycles. The molecule has 0 saturated carbocycles. The summed E-state index contributed by atoms with van der Waals surface area (Å²) in [6.07, 6.45) is 3.79. The molecule has 21 heavy (non-hydrogen) atoms. The van der Waals surface area contributed by atoms with Crippen molar-refractivity contribution >= 4 is 21.7 Å². The third kappa shape index (κ3) is 3.73. The highest BCUT2D eigenvalue weighted by atomic mass is 79.9. The molecule has 0 fully saturated rings. The van der Waals surface area contributed by atoms with Gasteiger partial charge in [0.05, 0.1) is 17.3 Å². The van der Waals surface area contributed by atoms with Crippen LogP contribution in [0.5, 0.6) is 5.75 Å². The fourth-order valence-corrected chi connectivity index (χ4v) is 2.48. The van der Waals surface area contributed by atoms with Gasteiger partial charge in [0.1, 0.15) is 11.4 Å². The highest BCUT2D eigenvalue weighted by molar-refractivity contribution is 9.10. The number of aryl methyl sites for hydroxylation is 1. The molecule has 0 aliphatic rings. The standard InChI is InChI=1S/C16H19BrN2O2/c1-3-5-10-21-13-8-6-12(7-9-13)16(20)15-14(17)11-18-19(15)4-2/h6-9,11H,3-5,10H2,1-2H3. The fourth-order valence-electron chi connectivity index (χ4n) is 2.00. The van der Waals surface area contributed by atoms with Gasteiger partial charge in [-0.3, -0.25) is 9.48 Å². The molecule has 0 unspecified atom stereocenters. The van der Waals surface area contributed by atoms with Crippen molar-refractivity contribution in [1.29, 1.82) is 0 Å². The van der Waals surface area contributed by atoms with Gasteiger partial charge in [0.15, 0.2) is 0 Å². The Morgan fingerprint density at radius 2 is 2.00 bits per heavy atom. The minimum atomic E-state index is -0.0404. The van der Waals surface area contributed by atoms with Crippen LogP contribution in [0.15, 0.2) is 34.9 Å². The Morgan fingerprint density at radius 3 is 2.62 bits per heavy atom. The molecule has 0 aliphatic heterocycles. The number of aromatic nitrogens is 2. The van der Waals surface area contributed by atoms with Crippen LogP contribution in [0.25, 0.3) is 0 Å². The summed E-state index contributed by atoms with van der Waals surface area (Å²) in [4.78, 5) is 12.5. The zero-order chi connectivity index (χ0) is 15.2. The average molecular weight is 351 g/mol. The third-order valence-electron chi connectivity index (χ3n) is 3.19. The van der Waals surface area contributed by atoms with Crippen molar-refractivity contribution in [3.05, 3.63) is 46.2 Å². The molecule has 0 atom stereocenters. The number of ketones is 1. The summed E-state index contributed by atoms with van der Waals surface area (Å²) in [6.45, 7) is 5.45. The van der Waals surface area contributed by atoms with Crippen molar-refractivity contribution < 1.29 is 9.53 Å².